The number of amides is 1. The van der Waals surface area contributed by atoms with E-state index < -0.39 is 23.9 Å². The van der Waals surface area contributed by atoms with Crippen LogP contribution in [0.4, 0.5) is 0 Å². The molecule has 0 aromatic heterocycles. The van der Waals surface area contributed by atoms with Crippen LogP contribution in [0.1, 0.15) is 19.4 Å². The molecule has 2 aromatic carbocycles. The molecule has 0 saturated heterocycles. The third-order valence-electron chi connectivity index (χ3n) is 3.83. The molecule has 1 N–H and O–H groups in total. The van der Waals surface area contributed by atoms with Gasteiger partial charge in [-0.3, -0.25) is 4.79 Å². The highest BCUT2D eigenvalue weighted by Crippen LogP contribution is 2.22. The SMILES string of the molecule is CCOC(=O)C(NC(=O)C=Cc1ccc2cc(OC)ccc2c1)C(=O)OCC. The average Bonchev–Trinajstić information content (AvgIpc) is 2.70. The Morgan fingerprint density at radius 3 is 2.18 bits per heavy atom. The summed E-state index contributed by atoms with van der Waals surface area (Å²) >= 11 is 0. The lowest BCUT2D eigenvalue weighted by atomic mass is 10.1. The van der Waals surface area contributed by atoms with E-state index in [1.165, 1.54) is 6.08 Å². The van der Waals surface area contributed by atoms with Crippen molar-refractivity contribution in [2.75, 3.05) is 20.3 Å². The van der Waals surface area contributed by atoms with Crippen LogP contribution >= 0.6 is 0 Å². The molecule has 7 nitrogen and oxygen atoms in total. The zero-order chi connectivity index (χ0) is 20.5. The summed E-state index contributed by atoms with van der Waals surface area (Å²) in [7, 11) is 1.61. The number of nitrogens with one attached hydrogen (secondary N) is 1. The summed E-state index contributed by atoms with van der Waals surface area (Å²) in [5.74, 6) is -1.57. The third kappa shape index (κ3) is 5.57. The molecule has 0 fully saturated rings. The largest absolute Gasteiger partial charge is 0.497 e. The maximum atomic E-state index is 12.2. The average molecular weight is 385 g/mol. The van der Waals surface area contributed by atoms with Crippen LogP contribution in [0.5, 0.6) is 5.75 Å². The Balaban J connectivity index is 2.11. The van der Waals surface area contributed by atoms with Gasteiger partial charge in [-0.1, -0.05) is 18.2 Å². The Morgan fingerprint density at radius 1 is 0.964 bits per heavy atom. The van der Waals surface area contributed by atoms with Gasteiger partial charge in [0.2, 0.25) is 11.9 Å². The van der Waals surface area contributed by atoms with Crippen molar-refractivity contribution in [3.63, 3.8) is 0 Å². The Labute approximate surface area is 163 Å². The summed E-state index contributed by atoms with van der Waals surface area (Å²) in [6.45, 7) is 3.39. The van der Waals surface area contributed by atoms with Crippen LogP contribution in [0.25, 0.3) is 16.8 Å². The number of carbonyl (C=O) groups excluding carboxylic acids is 3. The lowest BCUT2D eigenvalue weighted by Crippen LogP contribution is -2.47. The zero-order valence-corrected chi connectivity index (χ0v) is 16.1. The summed E-state index contributed by atoms with van der Waals surface area (Å²) in [4.78, 5) is 36.0. The first kappa shape index (κ1) is 21.0. The minimum absolute atomic E-state index is 0.0856. The summed E-state index contributed by atoms with van der Waals surface area (Å²) in [6.07, 6.45) is 2.84. The maximum absolute atomic E-state index is 12.2. The van der Waals surface area contributed by atoms with Crippen molar-refractivity contribution in [1.29, 1.82) is 0 Å². The molecule has 2 rings (SSSR count). The van der Waals surface area contributed by atoms with Crippen LogP contribution in [0.3, 0.4) is 0 Å². The first-order chi connectivity index (χ1) is 13.5. The van der Waals surface area contributed by atoms with Crippen molar-refractivity contribution in [3.8, 4) is 5.75 Å². The molecule has 0 bridgehead atoms. The standard InChI is InChI=1S/C21H23NO6/c1-4-27-20(24)19(21(25)28-5-2)22-18(23)11-7-14-6-8-16-13-17(26-3)10-9-15(16)12-14/h6-13,19H,4-5H2,1-3H3,(H,22,23). The third-order valence-corrected chi connectivity index (χ3v) is 3.83. The number of hydrogen-bond acceptors (Lipinski definition) is 6. The highest BCUT2D eigenvalue weighted by atomic mass is 16.6. The molecule has 0 heterocycles. The smallest absolute Gasteiger partial charge is 0.340 e. The van der Waals surface area contributed by atoms with Gasteiger partial charge >= 0.3 is 11.9 Å². The van der Waals surface area contributed by atoms with Crippen molar-refractivity contribution in [2.24, 2.45) is 0 Å². The van der Waals surface area contributed by atoms with E-state index in [-0.39, 0.29) is 13.2 Å². The second kappa shape index (κ2) is 10.1. The number of carbonyl (C=O) groups is 3. The molecule has 0 spiro atoms. The number of esters is 2. The molecule has 1 amide bonds. The van der Waals surface area contributed by atoms with E-state index in [0.29, 0.717) is 0 Å². The molecule has 0 aliphatic carbocycles. The maximum Gasteiger partial charge on any atom is 0.340 e. The quantitative estimate of drug-likeness (QED) is 0.426. The highest BCUT2D eigenvalue weighted by Gasteiger charge is 2.30. The predicted octanol–water partition coefficient (Wildman–Crippen LogP) is 2.47. The van der Waals surface area contributed by atoms with E-state index in [1.807, 2.05) is 36.4 Å². The van der Waals surface area contributed by atoms with Gasteiger partial charge in [-0.15, -0.1) is 0 Å². The van der Waals surface area contributed by atoms with Gasteiger partial charge in [0, 0.05) is 6.08 Å². The van der Waals surface area contributed by atoms with E-state index in [4.69, 9.17) is 14.2 Å². The minimum Gasteiger partial charge on any atom is -0.497 e. The van der Waals surface area contributed by atoms with E-state index in [1.54, 1.807) is 27.0 Å². The van der Waals surface area contributed by atoms with Gasteiger partial charge in [-0.2, -0.15) is 0 Å². The summed E-state index contributed by atoms with van der Waals surface area (Å²) in [5, 5.41) is 4.31. The number of methoxy groups -OCH3 is 1. The van der Waals surface area contributed by atoms with Crippen LogP contribution in [-0.4, -0.2) is 44.2 Å². The normalized spacial score (nSPS) is 10.9. The molecular weight excluding hydrogens is 362 g/mol. The summed E-state index contributed by atoms with van der Waals surface area (Å²) in [5.41, 5.74) is 0.789. The van der Waals surface area contributed by atoms with Crippen LogP contribution in [0, 0.1) is 0 Å². The molecule has 0 atom stereocenters. The Kier molecular flexibility index (Phi) is 7.56. The molecular formula is C21H23NO6. The van der Waals surface area contributed by atoms with Crippen molar-refractivity contribution >= 4 is 34.7 Å². The lowest BCUT2D eigenvalue weighted by molar-refractivity contribution is -0.159. The Hall–Kier alpha value is -3.35. The number of fused-ring (bicyclic) bond motifs is 1. The summed E-state index contributed by atoms with van der Waals surface area (Å²) < 4.78 is 14.8. The van der Waals surface area contributed by atoms with Crippen molar-refractivity contribution in [2.45, 2.75) is 19.9 Å². The van der Waals surface area contributed by atoms with Crippen LogP contribution in [-0.2, 0) is 23.9 Å². The van der Waals surface area contributed by atoms with Crippen molar-refractivity contribution < 1.29 is 28.6 Å². The number of benzene rings is 2. The minimum atomic E-state index is -1.50. The molecule has 0 unspecified atom stereocenters. The van der Waals surface area contributed by atoms with Crippen molar-refractivity contribution in [1.82, 2.24) is 5.32 Å². The van der Waals surface area contributed by atoms with E-state index in [0.717, 1.165) is 22.1 Å². The molecule has 0 aliphatic rings. The molecule has 28 heavy (non-hydrogen) atoms. The first-order valence-corrected chi connectivity index (χ1v) is 8.88. The van der Waals surface area contributed by atoms with Gasteiger partial charge in [0.05, 0.1) is 20.3 Å². The van der Waals surface area contributed by atoms with Crippen molar-refractivity contribution in [3.05, 3.63) is 48.0 Å². The fraction of sp³-hybridized carbons (Fsp3) is 0.286. The second-order valence-corrected chi connectivity index (χ2v) is 5.75. The predicted molar refractivity (Wildman–Crippen MR) is 105 cm³/mol. The molecule has 7 heteroatoms. The molecule has 0 aliphatic heterocycles. The molecule has 0 saturated carbocycles. The van der Waals surface area contributed by atoms with Gasteiger partial charge in [0.15, 0.2) is 0 Å². The Morgan fingerprint density at radius 2 is 1.57 bits per heavy atom. The number of ether oxygens (including phenoxy) is 3. The Bertz CT molecular complexity index is 872. The fourth-order valence-electron chi connectivity index (χ4n) is 2.50. The van der Waals surface area contributed by atoms with E-state index in [9.17, 15) is 14.4 Å². The van der Waals surface area contributed by atoms with Crippen LogP contribution in [0.2, 0.25) is 0 Å². The number of hydrogen-bond donors (Lipinski definition) is 1. The van der Waals surface area contributed by atoms with E-state index in [2.05, 4.69) is 5.32 Å². The summed E-state index contributed by atoms with van der Waals surface area (Å²) in [6, 6.07) is 9.86. The van der Waals surface area contributed by atoms with Crippen LogP contribution < -0.4 is 10.1 Å². The lowest BCUT2D eigenvalue weighted by Gasteiger charge is -2.14. The van der Waals surface area contributed by atoms with Crippen LogP contribution in [0.15, 0.2) is 42.5 Å². The first-order valence-electron chi connectivity index (χ1n) is 8.88. The molecule has 0 radical (unpaired) electrons. The molecule has 2 aromatic rings. The topological polar surface area (TPSA) is 90.9 Å². The zero-order valence-electron chi connectivity index (χ0n) is 16.1. The number of rotatable bonds is 8. The van der Waals surface area contributed by atoms with Gasteiger partial charge in [-0.05, 0) is 54.5 Å². The van der Waals surface area contributed by atoms with E-state index >= 15 is 0 Å². The highest BCUT2D eigenvalue weighted by molar-refractivity contribution is 6.05. The van der Waals surface area contributed by atoms with Gasteiger partial charge in [-0.25, -0.2) is 9.59 Å². The molecule has 148 valence electrons. The van der Waals surface area contributed by atoms with Gasteiger partial charge < -0.3 is 19.5 Å². The van der Waals surface area contributed by atoms with Gasteiger partial charge in [0.1, 0.15) is 5.75 Å². The van der Waals surface area contributed by atoms with Gasteiger partial charge in [0.25, 0.3) is 0 Å². The monoisotopic (exact) mass is 385 g/mol. The fourth-order valence-corrected chi connectivity index (χ4v) is 2.50. The second-order valence-electron chi connectivity index (χ2n) is 5.75.